The minimum Gasteiger partial charge on any atom is -0.378 e. The number of ether oxygens (including phenoxy) is 1. The van der Waals surface area contributed by atoms with Crippen LogP contribution in [0, 0.1) is 13.8 Å². The van der Waals surface area contributed by atoms with Crippen molar-refractivity contribution in [1.29, 1.82) is 0 Å². The Kier molecular flexibility index (Phi) is 2.73. The first kappa shape index (κ1) is 9.53. The normalized spacial score (nSPS) is 17.1. The predicted octanol–water partition coefficient (Wildman–Crippen LogP) is 2.14. The third-order valence-electron chi connectivity index (χ3n) is 2.72. The summed E-state index contributed by atoms with van der Waals surface area (Å²) in [4.78, 5) is 2.41. The van der Waals surface area contributed by atoms with Gasteiger partial charge in [0.05, 0.1) is 13.2 Å². The number of hydrogen-bond acceptors (Lipinski definition) is 2. The van der Waals surface area contributed by atoms with Crippen molar-refractivity contribution in [3.8, 4) is 0 Å². The highest BCUT2D eigenvalue weighted by atomic mass is 16.5. The van der Waals surface area contributed by atoms with Crippen molar-refractivity contribution in [2.45, 2.75) is 13.8 Å². The molecule has 1 aromatic rings. The van der Waals surface area contributed by atoms with Gasteiger partial charge in [-0.2, -0.15) is 0 Å². The molecular formula is C12H17NO. The van der Waals surface area contributed by atoms with E-state index in [9.17, 15) is 0 Å². The van der Waals surface area contributed by atoms with Gasteiger partial charge in [0.25, 0.3) is 0 Å². The van der Waals surface area contributed by atoms with Crippen LogP contribution < -0.4 is 4.90 Å². The first-order valence-corrected chi connectivity index (χ1v) is 5.17. The van der Waals surface area contributed by atoms with E-state index in [0.29, 0.717) is 0 Å². The molecule has 0 aromatic heterocycles. The summed E-state index contributed by atoms with van der Waals surface area (Å²) in [5, 5.41) is 0. The molecule has 0 N–H and O–H groups in total. The molecule has 0 spiro atoms. The van der Waals surface area contributed by atoms with Gasteiger partial charge in [-0.05, 0) is 31.0 Å². The molecule has 0 unspecified atom stereocenters. The number of aryl methyl sites for hydroxylation is 2. The highest BCUT2D eigenvalue weighted by Crippen LogP contribution is 2.22. The smallest absolute Gasteiger partial charge is 0.0642 e. The van der Waals surface area contributed by atoms with Gasteiger partial charge in [-0.15, -0.1) is 0 Å². The second kappa shape index (κ2) is 4.01. The molecule has 2 nitrogen and oxygen atoms in total. The maximum atomic E-state index is 5.35. The summed E-state index contributed by atoms with van der Waals surface area (Å²) < 4.78 is 5.35. The predicted molar refractivity (Wildman–Crippen MR) is 58.9 cm³/mol. The van der Waals surface area contributed by atoms with Crippen LogP contribution in [0.3, 0.4) is 0 Å². The Morgan fingerprint density at radius 2 is 1.86 bits per heavy atom. The Balaban J connectivity index is 2.24. The SMILES string of the molecule is Cc1ccc(C)c(N2CCOCC2)c1. The van der Waals surface area contributed by atoms with E-state index in [-0.39, 0.29) is 0 Å². The van der Waals surface area contributed by atoms with Gasteiger partial charge in [0.15, 0.2) is 0 Å². The van der Waals surface area contributed by atoms with Crippen LogP contribution in [-0.2, 0) is 4.74 Å². The summed E-state index contributed by atoms with van der Waals surface area (Å²) in [6.07, 6.45) is 0. The fourth-order valence-corrected chi connectivity index (χ4v) is 1.86. The second-order valence-corrected chi connectivity index (χ2v) is 3.89. The molecule has 1 heterocycles. The quantitative estimate of drug-likeness (QED) is 0.674. The summed E-state index contributed by atoms with van der Waals surface area (Å²) in [5.74, 6) is 0. The fraction of sp³-hybridized carbons (Fsp3) is 0.500. The number of anilines is 1. The first-order chi connectivity index (χ1) is 6.77. The molecule has 0 amide bonds. The van der Waals surface area contributed by atoms with Gasteiger partial charge in [0.1, 0.15) is 0 Å². The van der Waals surface area contributed by atoms with Gasteiger partial charge in [-0.25, -0.2) is 0 Å². The maximum absolute atomic E-state index is 5.35. The first-order valence-electron chi connectivity index (χ1n) is 5.17. The molecule has 76 valence electrons. The van der Waals surface area contributed by atoms with Crippen LogP contribution in [0.2, 0.25) is 0 Å². The molecule has 14 heavy (non-hydrogen) atoms. The van der Waals surface area contributed by atoms with Crippen molar-refractivity contribution in [2.24, 2.45) is 0 Å². The van der Waals surface area contributed by atoms with Crippen molar-refractivity contribution in [3.05, 3.63) is 29.3 Å². The van der Waals surface area contributed by atoms with Crippen LogP contribution >= 0.6 is 0 Å². The topological polar surface area (TPSA) is 12.5 Å². The molecule has 1 fully saturated rings. The Bertz CT molecular complexity index is 316. The average Bonchev–Trinajstić information content (AvgIpc) is 2.23. The lowest BCUT2D eigenvalue weighted by atomic mass is 10.1. The summed E-state index contributed by atoms with van der Waals surface area (Å²) >= 11 is 0. The number of hydrogen-bond donors (Lipinski definition) is 0. The van der Waals surface area contributed by atoms with Gasteiger partial charge >= 0.3 is 0 Å². The Hall–Kier alpha value is -1.02. The lowest BCUT2D eigenvalue weighted by Gasteiger charge is -2.30. The lowest BCUT2D eigenvalue weighted by molar-refractivity contribution is 0.122. The van der Waals surface area contributed by atoms with Crippen molar-refractivity contribution >= 4 is 5.69 Å². The minimum absolute atomic E-state index is 0.855. The summed E-state index contributed by atoms with van der Waals surface area (Å²) in [7, 11) is 0. The second-order valence-electron chi connectivity index (χ2n) is 3.89. The van der Waals surface area contributed by atoms with Gasteiger partial charge < -0.3 is 9.64 Å². The van der Waals surface area contributed by atoms with E-state index in [2.05, 4.69) is 36.9 Å². The number of benzene rings is 1. The molecule has 2 rings (SSSR count). The fourth-order valence-electron chi connectivity index (χ4n) is 1.86. The van der Waals surface area contributed by atoms with E-state index in [1.54, 1.807) is 0 Å². The molecule has 2 heteroatoms. The van der Waals surface area contributed by atoms with Gasteiger partial charge in [0, 0.05) is 18.8 Å². The number of rotatable bonds is 1. The monoisotopic (exact) mass is 191 g/mol. The summed E-state index contributed by atoms with van der Waals surface area (Å²) in [5.41, 5.74) is 4.06. The molecule has 1 aliphatic rings. The zero-order chi connectivity index (χ0) is 9.97. The van der Waals surface area contributed by atoms with E-state index in [0.717, 1.165) is 26.3 Å². The van der Waals surface area contributed by atoms with E-state index in [4.69, 9.17) is 4.74 Å². The van der Waals surface area contributed by atoms with Crippen molar-refractivity contribution < 1.29 is 4.74 Å². The maximum Gasteiger partial charge on any atom is 0.0642 e. The highest BCUT2D eigenvalue weighted by molar-refractivity contribution is 5.55. The van der Waals surface area contributed by atoms with E-state index < -0.39 is 0 Å². The molecule has 0 saturated carbocycles. The molecule has 0 atom stereocenters. The third-order valence-corrected chi connectivity index (χ3v) is 2.72. The minimum atomic E-state index is 0.855. The molecule has 0 bridgehead atoms. The third kappa shape index (κ3) is 1.90. The Morgan fingerprint density at radius 3 is 2.57 bits per heavy atom. The van der Waals surface area contributed by atoms with E-state index in [1.807, 2.05) is 0 Å². The molecular weight excluding hydrogens is 174 g/mol. The van der Waals surface area contributed by atoms with Crippen LogP contribution in [0.15, 0.2) is 18.2 Å². The van der Waals surface area contributed by atoms with Crippen molar-refractivity contribution in [3.63, 3.8) is 0 Å². The highest BCUT2D eigenvalue weighted by Gasteiger charge is 2.12. The number of nitrogens with zero attached hydrogens (tertiary/aromatic N) is 1. The van der Waals surface area contributed by atoms with Crippen LogP contribution in [-0.4, -0.2) is 26.3 Å². The average molecular weight is 191 g/mol. The zero-order valence-corrected chi connectivity index (χ0v) is 8.92. The Labute approximate surface area is 85.5 Å². The van der Waals surface area contributed by atoms with Crippen LogP contribution in [0.4, 0.5) is 5.69 Å². The summed E-state index contributed by atoms with van der Waals surface area (Å²) in [6.45, 7) is 8.06. The van der Waals surface area contributed by atoms with Crippen LogP contribution in [0.25, 0.3) is 0 Å². The molecule has 0 aliphatic carbocycles. The molecule has 1 saturated heterocycles. The van der Waals surface area contributed by atoms with Crippen molar-refractivity contribution in [2.75, 3.05) is 31.2 Å². The Morgan fingerprint density at radius 1 is 1.14 bits per heavy atom. The summed E-state index contributed by atoms with van der Waals surface area (Å²) in [6, 6.07) is 6.63. The number of morpholine rings is 1. The van der Waals surface area contributed by atoms with Gasteiger partial charge in [-0.1, -0.05) is 12.1 Å². The van der Waals surface area contributed by atoms with Crippen molar-refractivity contribution in [1.82, 2.24) is 0 Å². The standard InChI is InChI=1S/C12H17NO/c1-10-3-4-11(2)12(9-10)13-5-7-14-8-6-13/h3-4,9H,5-8H2,1-2H3. The van der Waals surface area contributed by atoms with E-state index in [1.165, 1.54) is 16.8 Å². The van der Waals surface area contributed by atoms with E-state index >= 15 is 0 Å². The van der Waals surface area contributed by atoms with Gasteiger partial charge in [-0.3, -0.25) is 0 Å². The zero-order valence-electron chi connectivity index (χ0n) is 8.92. The largest absolute Gasteiger partial charge is 0.378 e. The lowest BCUT2D eigenvalue weighted by Crippen LogP contribution is -2.36. The molecule has 0 radical (unpaired) electrons. The molecule has 1 aromatic carbocycles. The van der Waals surface area contributed by atoms with Crippen LogP contribution in [0.1, 0.15) is 11.1 Å². The van der Waals surface area contributed by atoms with Gasteiger partial charge in [0.2, 0.25) is 0 Å². The molecule has 1 aliphatic heterocycles. The van der Waals surface area contributed by atoms with Crippen LogP contribution in [0.5, 0.6) is 0 Å².